The Morgan fingerprint density at radius 2 is 1.91 bits per heavy atom. The highest BCUT2D eigenvalue weighted by Crippen LogP contribution is 2.49. The van der Waals surface area contributed by atoms with E-state index in [2.05, 4.69) is 0 Å². The molecular formula is C27H31NO5S2. The number of methoxy groups -OCH3 is 2. The standard InChI is InChI=1S/C27H31NO5S2/c1-31-20-11-19(12-21(14-20)32-2)23-13-18(5-3-4-8-29)24(33-23)15-25-26(30)28(27(34)35-25)22-10-16-6-7-17(22)9-16/h11-17,22,29H,3-10H2,1-2H3/b25-15-. The normalized spacial score (nSPS) is 24.7. The number of fused-ring (bicyclic) bond motifs is 2. The van der Waals surface area contributed by atoms with Crippen LogP contribution in [0.25, 0.3) is 17.4 Å². The summed E-state index contributed by atoms with van der Waals surface area (Å²) in [5.74, 6) is 4.00. The Morgan fingerprint density at radius 1 is 1.14 bits per heavy atom. The van der Waals surface area contributed by atoms with Crippen LogP contribution in [-0.4, -0.2) is 47.1 Å². The number of thiocarbonyl (C=S) groups is 1. The zero-order valence-electron chi connectivity index (χ0n) is 20.1. The maximum atomic E-state index is 13.4. The van der Waals surface area contributed by atoms with Crippen molar-refractivity contribution in [1.82, 2.24) is 4.90 Å². The van der Waals surface area contributed by atoms with E-state index in [0.29, 0.717) is 44.6 Å². The van der Waals surface area contributed by atoms with Gasteiger partial charge in [0.25, 0.3) is 5.91 Å². The molecule has 1 amide bonds. The molecule has 186 valence electrons. The fraction of sp³-hybridized carbons (Fsp3) is 0.481. The lowest BCUT2D eigenvalue weighted by atomic mass is 9.94. The maximum Gasteiger partial charge on any atom is 0.266 e. The Morgan fingerprint density at radius 3 is 2.54 bits per heavy atom. The van der Waals surface area contributed by atoms with Gasteiger partial charge < -0.3 is 19.0 Å². The van der Waals surface area contributed by atoms with Crippen LogP contribution in [0.4, 0.5) is 0 Å². The van der Waals surface area contributed by atoms with E-state index in [1.807, 2.05) is 35.2 Å². The highest BCUT2D eigenvalue weighted by Gasteiger charge is 2.48. The molecular weight excluding hydrogens is 482 g/mol. The number of thioether (sulfide) groups is 1. The molecule has 1 saturated heterocycles. The van der Waals surface area contributed by atoms with Gasteiger partial charge in [0, 0.05) is 30.4 Å². The van der Waals surface area contributed by atoms with Crippen molar-refractivity contribution in [3.8, 4) is 22.8 Å². The van der Waals surface area contributed by atoms with Crippen LogP contribution in [-0.2, 0) is 11.2 Å². The SMILES string of the molecule is COc1cc(OC)cc(-c2cc(CCCCO)c(/C=C3\SC(=S)N(C4CC5CCC4C5)C3=O)o2)c1. The third-order valence-corrected chi connectivity index (χ3v) is 8.78. The van der Waals surface area contributed by atoms with E-state index < -0.39 is 0 Å². The number of rotatable bonds is 9. The molecule has 35 heavy (non-hydrogen) atoms. The van der Waals surface area contributed by atoms with Crippen molar-refractivity contribution in [2.24, 2.45) is 11.8 Å². The highest BCUT2D eigenvalue weighted by molar-refractivity contribution is 8.26. The number of unbranched alkanes of at least 4 members (excludes halogenated alkanes) is 1. The maximum absolute atomic E-state index is 13.4. The van der Waals surface area contributed by atoms with Crippen LogP contribution >= 0.6 is 24.0 Å². The van der Waals surface area contributed by atoms with E-state index >= 15 is 0 Å². The summed E-state index contributed by atoms with van der Waals surface area (Å²) in [5.41, 5.74) is 1.83. The third-order valence-electron chi connectivity index (χ3n) is 7.45. The van der Waals surface area contributed by atoms with Gasteiger partial charge in [0.15, 0.2) is 0 Å². The van der Waals surface area contributed by atoms with Gasteiger partial charge in [0.1, 0.15) is 27.3 Å². The van der Waals surface area contributed by atoms with Crippen LogP contribution in [0.1, 0.15) is 49.8 Å². The van der Waals surface area contributed by atoms with Crippen LogP contribution in [0.5, 0.6) is 11.5 Å². The van der Waals surface area contributed by atoms with E-state index in [1.165, 1.54) is 31.0 Å². The Bertz CT molecular complexity index is 1130. The highest BCUT2D eigenvalue weighted by atomic mass is 32.2. The van der Waals surface area contributed by atoms with Crippen LogP contribution in [0.3, 0.4) is 0 Å². The second kappa shape index (κ2) is 10.4. The summed E-state index contributed by atoms with van der Waals surface area (Å²) in [6.07, 6.45) is 8.90. The largest absolute Gasteiger partial charge is 0.497 e. The summed E-state index contributed by atoms with van der Waals surface area (Å²) in [4.78, 5) is 15.9. The van der Waals surface area contributed by atoms with Crippen molar-refractivity contribution in [3.05, 3.63) is 40.5 Å². The molecule has 5 rings (SSSR count). The number of aryl methyl sites for hydroxylation is 1. The zero-order chi connectivity index (χ0) is 24.5. The third kappa shape index (κ3) is 4.88. The summed E-state index contributed by atoms with van der Waals surface area (Å²) in [6, 6.07) is 7.87. The average Bonchev–Trinajstić information content (AvgIpc) is 3.64. The van der Waals surface area contributed by atoms with Gasteiger partial charge in [0.2, 0.25) is 0 Å². The molecule has 2 saturated carbocycles. The fourth-order valence-corrected chi connectivity index (χ4v) is 7.04. The molecule has 2 aliphatic carbocycles. The molecule has 3 fully saturated rings. The Balaban J connectivity index is 1.46. The molecule has 8 heteroatoms. The molecule has 0 spiro atoms. The Kier molecular flexibility index (Phi) is 7.23. The molecule has 2 aromatic rings. The number of aliphatic hydroxyl groups excluding tert-OH is 1. The predicted molar refractivity (Wildman–Crippen MR) is 142 cm³/mol. The van der Waals surface area contributed by atoms with Gasteiger partial charge in [-0.25, -0.2) is 0 Å². The van der Waals surface area contributed by atoms with Crippen molar-refractivity contribution in [3.63, 3.8) is 0 Å². The number of benzene rings is 1. The summed E-state index contributed by atoms with van der Waals surface area (Å²) in [7, 11) is 3.23. The summed E-state index contributed by atoms with van der Waals surface area (Å²) >= 11 is 7.03. The molecule has 1 aromatic heterocycles. The first kappa shape index (κ1) is 24.4. The molecule has 6 nitrogen and oxygen atoms in total. The van der Waals surface area contributed by atoms with Crippen molar-refractivity contribution in [2.45, 2.75) is 51.0 Å². The first-order valence-corrected chi connectivity index (χ1v) is 13.5. The van der Waals surface area contributed by atoms with Crippen LogP contribution in [0.2, 0.25) is 0 Å². The molecule has 0 radical (unpaired) electrons. The predicted octanol–water partition coefficient (Wildman–Crippen LogP) is 5.67. The van der Waals surface area contributed by atoms with Crippen molar-refractivity contribution >= 4 is 40.3 Å². The molecule has 3 aliphatic rings. The molecule has 2 bridgehead atoms. The number of nitrogens with zero attached hydrogens (tertiary/aromatic N) is 1. The molecule has 3 unspecified atom stereocenters. The van der Waals surface area contributed by atoms with E-state index in [1.54, 1.807) is 14.2 Å². The molecule has 1 aliphatic heterocycles. The molecule has 1 aromatic carbocycles. The minimum absolute atomic E-state index is 0.000132. The lowest BCUT2D eigenvalue weighted by Gasteiger charge is -2.30. The van der Waals surface area contributed by atoms with Crippen LogP contribution in [0.15, 0.2) is 33.6 Å². The number of carbonyl (C=O) groups is 1. The monoisotopic (exact) mass is 513 g/mol. The van der Waals surface area contributed by atoms with Crippen molar-refractivity contribution in [2.75, 3.05) is 20.8 Å². The molecule has 1 N–H and O–H groups in total. The van der Waals surface area contributed by atoms with Gasteiger partial charge in [-0.05, 0) is 74.1 Å². The topological polar surface area (TPSA) is 72.1 Å². The van der Waals surface area contributed by atoms with Crippen molar-refractivity contribution < 1.29 is 23.8 Å². The van der Waals surface area contributed by atoms with Gasteiger partial charge >= 0.3 is 0 Å². The van der Waals surface area contributed by atoms with E-state index in [9.17, 15) is 9.90 Å². The Hall–Kier alpha value is -2.29. The number of hydrogen-bond donors (Lipinski definition) is 1. The first-order valence-electron chi connectivity index (χ1n) is 12.2. The zero-order valence-corrected chi connectivity index (χ0v) is 21.8. The van der Waals surface area contributed by atoms with Gasteiger partial charge in [-0.2, -0.15) is 0 Å². The number of ether oxygens (including phenoxy) is 2. The smallest absolute Gasteiger partial charge is 0.266 e. The van der Waals surface area contributed by atoms with E-state index in [4.69, 9.17) is 26.1 Å². The molecule has 2 heterocycles. The minimum Gasteiger partial charge on any atom is -0.497 e. The number of furan rings is 1. The van der Waals surface area contributed by atoms with Gasteiger partial charge in [-0.15, -0.1) is 0 Å². The molecule has 3 atom stereocenters. The summed E-state index contributed by atoms with van der Waals surface area (Å²) < 4.78 is 17.8. The first-order chi connectivity index (χ1) is 17.0. The van der Waals surface area contributed by atoms with Crippen LogP contribution < -0.4 is 9.47 Å². The summed E-state index contributed by atoms with van der Waals surface area (Å²) in [6.45, 7) is 0.148. The van der Waals surface area contributed by atoms with Gasteiger partial charge in [-0.3, -0.25) is 9.69 Å². The number of carbonyl (C=O) groups excluding carboxylic acids is 1. The number of hydrogen-bond acceptors (Lipinski definition) is 7. The van der Waals surface area contributed by atoms with E-state index in [-0.39, 0.29) is 18.6 Å². The second-order valence-corrected chi connectivity index (χ2v) is 11.3. The van der Waals surface area contributed by atoms with Gasteiger partial charge in [0.05, 0.1) is 19.1 Å². The average molecular weight is 514 g/mol. The number of aliphatic hydroxyl groups is 1. The quantitative estimate of drug-likeness (QED) is 0.263. The lowest BCUT2D eigenvalue weighted by molar-refractivity contribution is -0.124. The van der Waals surface area contributed by atoms with E-state index in [0.717, 1.165) is 36.3 Å². The van der Waals surface area contributed by atoms with Crippen molar-refractivity contribution in [1.29, 1.82) is 0 Å². The number of amides is 1. The minimum atomic E-state index is -0.000132. The fourth-order valence-electron chi connectivity index (χ4n) is 5.69. The van der Waals surface area contributed by atoms with Gasteiger partial charge in [-0.1, -0.05) is 30.4 Å². The summed E-state index contributed by atoms with van der Waals surface area (Å²) in [5, 5.41) is 9.25. The lowest BCUT2D eigenvalue weighted by Crippen LogP contribution is -2.41. The van der Waals surface area contributed by atoms with Crippen LogP contribution in [0, 0.1) is 11.8 Å². The Labute approximate surface area is 215 Å². The second-order valence-electron chi connectivity index (χ2n) is 9.58.